The van der Waals surface area contributed by atoms with Crippen LogP contribution in [0, 0.1) is 11.8 Å². The number of amides is 1. The molecule has 0 aliphatic carbocycles. The van der Waals surface area contributed by atoms with Crippen LogP contribution in [0.3, 0.4) is 0 Å². The fourth-order valence-corrected chi connectivity index (χ4v) is 6.28. The van der Waals surface area contributed by atoms with Crippen LogP contribution < -0.4 is 5.56 Å². The molecule has 1 amide bonds. The maximum absolute atomic E-state index is 13.5. The van der Waals surface area contributed by atoms with E-state index in [-0.39, 0.29) is 11.5 Å². The van der Waals surface area contributed by atoms with Crippen molar-refractivity contribution < 1.29 is 4.79 Å². The van der Waals surface area contributed by atoms with Crippen LogP contribution in [0.2, 0.25) is 0 Å². The minimum Gasteiger partial charge on any atom is -0.338 e. The van der Waals surface area contributed by atoms with Crippen molar-refractivity contribution in [1.29, 1.82) is 0 Å². The molecule has 4 atom stereocenters. The second-order valence-electron chi connectivity index (χ2n) is 9.29. The van der Waals surface area contributed by atoms with Crippen molar-refractivity contribution in [3.63, 3.8) is 0 Å². The summed E-state index contributed by atoms with van der Waals surface area (Å²) in [5, 5.41) is 1.36. The number of rotatable bonds is 3. The highest BCUT2D eigenvalue weighted by molar-refractivity contribution is 6.06. The van der Waals surface area contributed by atoms with Gasteiger partial charge in [0.15, 0.2) is 0 Å². The largest absolute Gasteiger partial charge is 0.338 e. The van der Waals surface area contributed by atoms with Gasteiger partial charge in [-0.05, 0) is 43.6 Å². The molecule has 5 rings (SSSR count). The molecule has 0 saturated carbocycles. The second kappa shape index (κ2) is 7.60. The predicted molar refractivity (Wildman–Crippen MR) is 115 cm³/mol. The summed E-state index contributed by atoms with van der Waals surface area (Å²) in [6, 6.07) is 8.82. The Balaban J connectivity index is 1.40. The zero-order valence-electron chi connectivity index (χ0n) is 17.3. The van der Waals surface area contributed by atoms with E-state index in [1.807, 2.05) is 18.2 Å². The third kappa shape index (κ3) is 3.29. The molecule has 0 radical (unpaired) electrons. The summed E-state index contributed by atoms with van der Waals surface area (Å²) < 4.78 is 0. The topological polar surface area (TPSA) is 56.4 Å². The number of pyridine rings is 1. The van der Waals surface area contributed by atoms with E-state index < -0.39 is 0 Å². The average Bonchev–Trinajstić information content (AvgIpc) is 2.74. The molecule has 2 aromatic rings. The molecule has 1 N–H and O–H groups in total. The minimum absolute atomic E-state index is 0.0708. The lowest BCUT2D eigenvalue weighted by molar-refractivity contribution is -0.0518. The number of aromatic nitrogens is 1. The summed E-state index contributed by atoms with van der Waals surface area (Å²) >= 11 is 0. The molecule has 0 spiro atoms. The number of nitrogens with zero attached hydrogens (tertiary/aromatic N) is 2. The molecule has 3 saturated heterocycles. The van der Waals surface area contributed by atoms with Gasteiger partial charge in [0.05, 0.1) is 5.56 Å². The van der Waals surface area contributed by atoms with Gasteiger partial charge in [0.25, 0.3) is 11.5 Å². The van der Waals surface area contributed by atoms with Gasteiger partial charge in [0.1, 0.15) is 0 Å². The lowest BCUT2D eigenvalue weighted by Gasteiger charge is -2.55. The fourth-order valence-electron chi connectivity index (χ4n) is 6.28. The van der Waals surface area contributed by atoms with Crippen LogP contribution in [-0.2, 0) is 0 Å². The van der Waals surface area contributed by atoms with Crippen LogP contribution in [0.25, 0.3) is 10.8 Å². The van der Waals surface area contributed by atoms with Crippen LogP contribution in [-0.4, -0.2) is 52.4 Å². The van der Waals surface area contributed by atoms with Crippen LogP contribution in [0.15, 0.2) is 35.3 Å². The van der Waals surface area contributed by atoms with Gasteiger partial charge in [-0.15, -0.1) is 0 Å². The third-order valence-corrected chi connectivity index (χ3v) is 7.46. The summed E-state index contributed by atoms with van der Waals surface area (Å²) in [7, 11) is 0. The van der Waals surface area contributed by atoms with Crippen LogP contribution in [0.1, 0.15) is 55.8 Å². The first-order valence-corrected chi connectivity index (χ1v) is 11.3. The van der Waals surface area contributed by atoms with Crippen molar-refractivity contribution >= 4 is 16.7 Å². The van der Waals surface area contributed by atoms with Gasteiger partial charge < -0.3 is 9.88 Å². The number of benzene rings is 1. The maximum atomic E-state index is 13.5. The van der Waals surface area contributed by atoms with E-state index >= 15 is 0 Å². The van der Waals surface area contributed by atoms with E-state index in [0.29, 0.717) is 28.8 Å². The normalized spacial score (nSPS) is 29.6. The molecule has 29 heavy (non-hydrogen) atoms. The van der Waals surface area contributed by atoms with Crippen LogP contribution >= 0.6 is 0 Å². The smallest absolute Gasteiger partial charge is 0.255 e. The zero-order chi connectivity index (χ0) is 20.0. The van der Waals surface area contributed by atoms with Gasteiger partial charge >= 0.3 is 0 Å². The molecule has 1 aromatic heterocycles. The first-order chi connectivity index (χ1) is 14.2. The number of nitrogens with one attached hydrogen (secondary N) is 1. The Morgan fingerprint density at radius 2 is 1.97 bits per heavy atom. The number of fused-ring (bicyclic) bond motifs is 5. The first-order valence-electron chi connectivity index (χ1n) is 11.3. The quantitative estimate of drug-likeness (QED) is 0.866. The maximum Gasteiger partial charge on any atom is 0.255 e. The standard InChI is InChI=1S/C24H31N3O2/c1-2-6-18-7-5-10-22-17-11-16(14-27(18)22)13-26(15-17)24(29)21-12-25-23(28)20-9-4-3-8-19(20)21/h3-4,8-9,12,16-18,22H,2,5-7,10-11,13-15H2,1H3,(H,25,28)/t16-,17+,18-,22-/m0/s1. The van der Waals surface area contributed by atoms with Crippen molar-refractivity contribution in [3.05, 3.63) is 46.4 Å². The van der Waals surface area contributed by atoms with Gasteiger partial charge in [-0.3, -0.25) is 14.5 Å². The molecule has 4 heterocycles. The Hall–Kier alpha value is -2.14. The molecule has 2 bridgehead atoms. The summed E-state index contributed by atoms with van der Waals surface area (Å²) in [6.07, 6.45) is 9.38. The van der Waals surface area contributed by atoms with Gasteiger partial charge in [0, 0.05) is 48.7 Å². The Morgan fingerprint density at radius 1 is 1.14 bits per heavy atom. The van der Waals surface area contributed by atoms with Crippen LogP contribution in [0.5, 0.6) is 0 Å². The highest BCUT2D eigenvalue weighted by Gasteiger charge is 2.45. The molecule has 3 fully saturated rings. The SMILES string of the molecule is CCC[C@H]1CCC[C@H]2[C@@H]3C[C@@H](CN(C(=O)c4c[nH]c(=O)c5ccccc45)C3)CN12. The van der Waals surface area contributed by atoms with Gasteiger partial charge in [-0.1, -0.05) is 38.0 Å². The van der Waals surface area contributed by atoms with Crippen LogP contribution in [0.4, 0.5) is 0 Å². The van der Waals surface area contributed by atoms with Crippen molar-refractivity contribution in [2.45, 2.75) is 57.5 Å². The molecule has 3 aliphatic heterocycles. The van der Waals surface area contributed by atoms with E-state index in [0.717, 1.165) is 31.1 Å². The van der Waals surface area contributed by atoms with E-state index in [1.54, 1.807) is 12.3 Å². The number of piperidine rings is 3. The lowest BCUT2D eigenvalue weighted by atomic mass is 9.74. The number of hydrogen-bond donors (Lipinski definition) is 1. The summed E-state index contributed by atoms with van der Waals surface area (Å²) in [4.78, 5) is 33.3. The molecule has 1 aromatic carbocycles. The van der Waals surface area contributed by atoms with Crippen molar-refractivity contribution in [2.24, 2.45) is 11.8 Å². The number of likely N-dealkylation sites (tertiary alicyclic amines) is 1. The Bertz CT molecular complexity index is 966. The first kappa shape index (κ1) is 18.9. The van der Waals surface area contributed by atoms with E-state index in [2.05, 4.69) is 21.7 Å². The van der Waals surface area contributed by atoms with Crippen molar-refractivity contribution in [2.75, 3.05) is 19.6 Å². The molecule has 5 nitrogen and oxygen atoms in total. The molecular formula is C24H31N3O2. The van der Waals surface area contributed by atoms with E-state index in [1.165, 1.54) is 38.5 Å². The summed E-state index contributed by atoms with van der Waals surface area (Å²) in [5.74, 6) is 1.22. The van der Waals surface area contributed by atoms with Gasteiger partial charge in [-0.25, -0.2) is 0 Å². The van der Waals surface area contributed by atoms with E-state index in [9.17, 15) is 9.59 Å². The predicted octanol–water partition coefficient (Wildman–Crippen LogP) is 3.64. The van der Waals surface area contributed by atoms with Crippen molar-refractivity contribution in [3.8, 4) is 0 Å². The van der Waals surface area contributed by atoms with E-state index in [4.69, 9.17) is 0 Å². The average molecular weight is 394 g/mol. The third-order valence-electron chi connectivity index (χ3n) is 7.46. The monoisotopic (exact) mass is 393 g/mol. The number of carbonyl (C=O) groups excluding carboxylic acids is 1. The highest BCUT2D eigenvalue weighted by atomic mass is 16.2. The number of hydrogen-bond acceptors (Lipinski definition) is 3. The highest BCUT2D eigenvalue weighted by Crippen LogP contribution is 2.40. The lowest BCUT2D eigenvalue weighted by Crippen LogP contribution is -2.62. The Kier molecular flexibility index (Phi) is 4.94. The number of aromatic amines is 1. The zero-order valence-corrected chi connectivity index (χ0v) is 17.3. The molecule has 154 valence electrons. The summed E-state index contributed by atoms with van der Waals surface area (Å²) in [5.41, 5.74) is 0.497. The number of carbonyl (C=O) groups is 1. The minimum atomic E-state index is -0.132. The Labute approximate surface area is 172 Å². The molecule has 3 aliphatic rings. The van der Waals surface area contributed by atoms with Gasteiger partial charge in [-0.2, -0.15) is 0 Å². The number of H-pyrrole nitrogens is 1. The molecular weight excluding hydrogens is 362 g/mol. The second-order valence-corrected chi connectivity index (χ2v) is 9.29. The molecule has 5 heteroatoms. The fraction of sp³-hybridized carbons (Fsp3) is 0.583. The van der Waals surface area contributed by atoms with Crippen molar-refractivity contribution in [1.82, 2.24) is 14.8 Å². The van der Waals surface area contributed by atoms with Gasteiger partial charge in [0.2, 0.25) is 0 Å². The molecule has 0 unspecified atom stereocenters. The summed E-state index contributed by atoms with van der Waals surface area (Å²) in [6.45, 7) is 5.12. The Morgan fingerprint density at radius 3 is 2.79 bits per heavy atom.